The molecule has 1 N–H and O–H groups in total. The molecule has 0 unspecified atom stereocenters. The largest absolute Gasteiger partial charge is 0.449 e. The van der Waals surface area contributed by atoms with Gasteiger partial charge in [-0.05, 0) is 34.4 Å². The van der Waals surface area contributed by atoms with Gasteiger partial charge in [0.25, 0.3) is 11.8 Å². The zero-order valence-electron chi connectivity index (χ0n) is 17.3. The third-order valence-corrected chi connectivity index (χ3v) is 5.67. The van der Waals surface area contributed by atoms with Gasteiger partial charge in [0.1, 0.15) is 13.2 Å². The molecule has 0 spiro atoms. The number of benzene rings is 3. The summed E-state index contributed by atoms with van der Waals surface area (Å²) in [7, 11) is 0. The number of imide groups is 1. The molecule has 0 aromatic heterocycles. The fourth-order valence-corrected chi connectivity index (χ4v) is 4.18. The van der Waals surface area contributed by atoms with Crippen LogP contribution in [0.15, 0.2) is 72.8 Å². The lowest BCUT2D eigenvalue weighted by Gasteiger charge is -2.15. The second-order valence-electron chi connectivity index (χ2n) is 7.59. The van der Waals surface area contributed by atoms with E-state index in [0.717, 1.165) is 22.3 Å². The lowest BCUT2D eigenvalue weighted by atomic mass is 9.98. The maximum Gasteiger partial charge on any atom is 0.407 e. The highest BCUT2D eigenvalue weighted by Crippen LogP contribution is 2.44. The van der Waals surface area contributed by atoms with E-state index < -0.39 is 30.4 Å². The van der Waals surface area contributed by atoms with Crippen LogP contribution in [0.25, 0.3) is 11.1 Å². The van der Waals surface area contributed by atoms with Gasteiger partial charge in [-0.1, -0.05) is 65.7 Å². The number of amides is 3. The molecule has 33 heavy (non-hydrogen) atoms. The highest BCUT2D eigenvalue weighted by molar-refractivity contribution is 6.20. The van der Waals surface area contributed by atoms with E-state index in [1.165, 1.54) is 12.1 Å². The Labute approximate surface area is 188 Å². The number of nitrogens with zero attached hydrogens (tertiary/aromatic N) is 1. The molecule has 8 nitrogen and oxygen atoms in total. The predicted octanol–water partition coefficient (Wildman–Crippen LogP) is 3.28. The first-order chi connectivity index (χ1) is 16.0. The van der Waals surface area contributed by atoms with E-state index in [1.807, 2.05) is 48.5 Å². The molecule has 1 heterocycles. The molecule has 0 saturated heterocycles. The molecule has 3 aromatic rings. The van der Waals surface area contributed by atoms with Gasteiger partial charge in [-0.3, -0.25) is 9.59 Å². The van der Waals surface area contributed by atoms with Crippen molar-refractivity contribution in [3.8, 4) is 11.1 Å². The van der Waals surface area contributed by atoms with Crippen molar-refractivity contribution >= 4 is 23.9 Å². The molecule has 8 heteroatoms. The molecular weight excluding hydrogens is 424 g/mol. The van der Waals surface area contributed by atoms with Gasteiger partial charge in [0.15, 0.2) is 0 Å². The maximum atomic E-state index is 12.2. The number of alkyl carbamates (subject to hydrolysis) is 1. The summed E-state index contributed by atoms with van der Waals surface area (Å²) in [6.45, 7) is -0.475. The summed E-state index contributed by atoms with van der Waals surface area (Å²) in [5.74, 6) is -2.55. The zero-order valence-corrected chi connectivity index (χ0v) is 17.3. The van der Waals surface area contributed by atoms with Crippen molar-refractivity contribution in [2.24, 2.45) is 0 Å². The second-order valence-corrected chi connectivity index (χ2v) is 7.59. The molecule has 1 aliphatic carbocycles. The van der Waals surface area contributed by atoms with Crippen LogP contribution in [-0.4, -0.2) is 42.1 Å². The Balaban J connectivity index is 1.16. The molecule has 2 aliphatic rings. The van der Waals surface area contributed by atoms with Crippen molar-refractivity contribution in [1.29, 1.82) is 0 Å². The van der Waals surface area contributed by atoms with Crippen LogP contribution in [-0.2, 0) is 14.4 Å². The van der Waals surface area contributed by atoms with Crippen molar-refractivity contribution < 1.29 is 28.8 Å². The molecular formula is C25H18N2O6. The van der Waals surface area contributed by atoms with Gasteiger partial charge in [0.05, 0.1) is 11.1 Å². The summed E-state index contributed by atoms with van der Waals surface area (Å²) in [6, 6.07) is 22.0. The fraction of sp³-hybridized carbons (Fsp3) is 0.120. The Morgan fingerprint density at radius 3 is 1.79 bits per heavy atom. The Hall–Kier alpha value is -4.46. The first-order valence-corrected chi connectivity index (χ1v) is 10.3. The summed E-state index contributed by atoms with van der Waals surface area (Å²) in [6.07, 6.45) is -0.809. The summed E-state index contributed by atoms with van der Waals surface area (Å²) >= 11 is 0. The van der Waals surface area contributed by atoms with Gasteiger partial charge in [-0.25, -0.2) is 9.59 Å². The van der Waals surface area contributed by atoms with E-state index in [1.54, 1.807) is 12.1 Å². The molecule has 0 radical (unpaired) electrons. The van der Waals surface area contributed by atoms with Gasteiger partial charge >= 0.3 is 12.1 Å². The lowest BCUT2D eigenvalue weighted by Crippen LogP contribution is -2.38. The lowest BCUT2D eigenvalue weighted by molar-refractivity contribution is -0.167. The molecule has 0 fully saturated rings. The van der Waals surface area contributed by atoms with Gasteiger partial charge < -0.3 is 14.9 Å². The molecule has 164 valence electrons. The van der Waals surface area contributed by atoms with E-state index in [-0.39, 0.29) is 23.7 Å². The summed E-state index contributed by atoms with van der Waals surface area (Å²) in [5.41, 5.74) is 4.64. The van der Waals surface area contributed by atoms with Crippen LogP contribution in [0.5, 0.6) is 0 Å². The monoisotopic (exact) mass is 442 g/mol. The van der Waals surface area contributed by atoms with Crippen molar-refractivity contribution in [2.75, 3.05) is 13.2 Å². The number of hydrogen-bond donors (Lipinski definition) is 1. The highest BCUT2D eigenvalue weighted by Gasteiger charge is 2.38. The summed E-state index contributed by atoms with van der Waals surface area (Å²) in [4.78, 5) is 53.6. The molecule has 1 aliphatic heterocycles. The molecule has 3 aromatic carbocycles. The molecule has 0 atom stereocenters. The van der Waals surface area contributed by atoms with Crippen molar-refractivity contribution in [2.45, 2.75) is 5.92 Å². The van der Waals surface area contributed by atoms with Crippen LogP contribution >= 0.6 is 0 Å². The summed E-state index contributed by atoms with van der Waals surface area (Å²) in [5, 5.41) is 2.69. The topological polar surface area (TPSA) is 102 Å². The average molecular weight is 442 g/mol. The Morgan fingerprint density at radius 2 is 1.24 bits per heavy atom. The number of hydroxylamine groups is 2. The number of hydrogen-bond acceptors (Lipinski definition) is 6. The van der Waals surface area contributed by atoms with Crippen molar-refractivity contribution in [3.05, 3.63) is 95.1 Å². The van der Waals surface area contributed by atoms with Crippen molar-refractivity contribution in [3.63, 3.8) is 0 Å². The van der Waals surface area contributed by atoms with E-state index in [4.69, 9.17) is 9.57 Å². The average Bonchev–Trinajstić information content (AvgIpc) is 3.29. The Morgan fingerprint density at radius 1 is 0.758 bits per heavy atom. The van der Waals surface area contributed by atoms with Crippen LogP contribution < -0.4 is 5.32 Å². The highest BCUT2D eigenvalue weighted by atomic mass is 16.7. The first kappa shape index (κ1) is 20.4. The van der Waals surface area contributed by atoms with Crippen LogP contribution in [0.2, 0.25) is 0 Å². The number of fused-ring (bicyclic) bond motifs is 4. The van der Waals surface area contributed by atoms with Crippen LogP contribution in [0.3, 0.4) is 0 Å². The first-order valence-electron chi connectivity index (χ1n) is 10.3. The van der Waals surface area contributed by atoms with E-state index >= 15 is 0 Å². The van der Waals surface area contributed by atoms with Crippen LogP contribution in [0, 0.1) is 0 Å². The normalized spacial score (nSPS) is 13.9. The minimum Gasteiger partial charge on any atom is -0.449 e. The molecule has 0 saturated carbocycles. The zero-order chi connectivity index (χ0) is 22.9. The minimum absolute atomic E-state index is 0.0906. The van der Waals surface area contributed by atoms with Crippen molar-refractivity contribution in [1.82, 2.24) is 10.4 Å². The number of ether oxygens (including phenoxy) is 1. The number of carbonyl (C=O) groups excluding carboxylic acids is 4. The number of carbonyl (C=O) groups is 4. The molecule has 3 amide bonds. The third-order valence-electron chi connectivity index (χ3n) is 5.67. The summed E-state index contributed by atoms with van der Waals surface area (Å²) < 4.78 is 5.35. The minimum atomic E-state index is -0.974. The Kier molecular flexibility index (Phi) is 5.10. The van der Waals surface area contributed by atoms with Crippen LogP contribution in [0.4, 0.5) is 4.79 Å². The fourth-order valence-electron chi connectivity index (χ4n) is 4.18. The van der Waals surface area contributed by atoms with E-state index in [9.17, 15) is 19.2 Å². The van der Waals surface area contributed by atoms with Gasteiger partial charge in [-0.2, -0.15) is 0 Å². The van der Waals surface area contributed by atoms with E-state index in [0.29, 0.717) is 5.06 Å². The molecule has 0 bridgehead atoms. The standard InChI is InChI=1S/C25H18N2O6/c28-22(33-27-23(29)19-11-5-6-12-20(19)24(27)30)13-26-25(31)32-14-21-17-9-3-1-7-15(17)16-8-2-4-10-18(16)21/h1-12,21H,13-14H2,(H,26,31). The number of nitrogens with one attached hydrogen (secondary N) is 1. The smallest absolute Gasteiger partial charge is 0.407 e. The van der Waals surface area contributed by atoms with Gasteiger partial charge in [0.2, 0.25) is 0 Å². The quantitative estimate of drug-likeness (QED) is 0.609. The third kappa shape index (κ3) is 3.61. The molecule has 5 rings (SSSR count). The number of rotatable bonds is 5. The predicted molar refractivity (Wildman–Crippen MR) is 116 cm³/mol. The maximum absolute atomic E-state index is 12.2. The second kappa shape index (κ2) is 8.23. The van der Waals surface area contributed by atoms with Gasteiger partial charge in [-0.15, -0.1) is 0 Å². The Bertz CT molecular complexity index is 1220. The van der Waals surface area contributed by atoms with E-state index in [2.05, 4.69) is 5.32 Å². The van der Waals surface area contributed by atoms with Crippen LogP contribution in [0.1, 0.15) is 37.8 Å². The SMILES string of the molecule is O=C(CNC(=O)OCC1c2ccccc2-c2ccccc21)ON1C(=O)c2ccccc2C1=O. The van der Waals surface area contributed by atoms with Gasteiger partial charge in [0, 0.05) is 5.92 Å².